The monoisotopic (exact) mass is 353 g/mol. The van der Waals surface area contributed by atoms with E-state index in [1.807, 2.05) is 64.1 Å². The van der Waals surface area contributed by atoms with Crippen molar-refractivity contribution in [1.82, 2.24) is 5.32 Å². The summed E-state index contributed by atoms with van der Waals surface area (Å²) in [5.41, 5.74) is 4.19. The van der Waals surface area contributed by atoms with Gasteiger partial charge < -0.3 is 16.0 Å². The predicted molar refractivity (Wildman–Crippen MR) is 108 cm³/mol. The molecule has 1 aliphatic rings. The number of anilines is 2. The molecule has 2 amide bonds. The van der Waals surface area contributed by atoms with Crippen molar-refractivity contribution in [1.29, 1.82) is 0 Å². The van der Waals surface area contributed by atoms with Gasteiger partial charge in [-0.05, 0) is 37.6 Å². The van der Waals surface area contributed by atoms with Gasteiger partial charge in [0, 0.05) is 30.1 Å². The van der Waals surface area contributed by atoms with Gasteiger partial charge in [-0.3, -0.25) is 9.59 Å². The van der Waals surface area contributed by atoms with Crippen LogP contribution in [-0.2, 0) is 4.79 Å². The Balaban J connectivity index is 0.00000117. The number of rotatable bonds is 3. The molecule has 138 valence electrons. The maximum atomic E-state index is 12.2. The average molecular weight is 353 g/mol. The normalized spacial score (nSPS) is 12.7. The van der Waals surface area contributed by atoms with E-state index in [0.29, 0.717) is 18.5 Å². The summed E-state index contributed by atoms with van der Waals surface area (Å²) in [5.74, 6) is -0.0846. The first-order chi connectivity index (χ1) is 12.5. The molecule has 0 atom stereocenters. The van der Waals surface area contributed by atoms with Gasteiger partial charge in [-0.1, -0.05) is 38.1 Å². The van der Waals surface area contributed by atoms with E-state index in [9.17, 15) is 9.59 Å². The first-order valence-electron chi connectivity index (χ1n) is 9.12. The Morgan fingerprint density at radius 3 is 2.58 bits per heavy atom. The molecule has 1 aliphatic heterocycles. The number of amides is 2. The van der Waals surface area contributed by atoms with Crippen LogP contribution in [0.15, 0.2) is 42.5 Å². The zero-order valence-electron chi connectivity index (χ0n) is 15.8. The third kappa shape index (κ3) is 4.63. The summed E-state index contributed by atoms with van der Waals surface area (Å²) in [4.78, 5) is 24.0. The zero-order valence-corrected chi connectivity index (χ0v) is 15.8. The number of para-hydroxylation sites is 1. The van der Waals surface area contributed by atoms with E-state index in [-0.39, 0.29) is 17.9 Å². The Hall–Kier alpha value is -2.82. The van der Waals surface area contributed by atoms with Crippen LogP contribution >= 0.6 is 0 Å². The largest absolute Gasteiger partial charge is 0.382 e. The van der Waals surface area contributed by atoms with Crippen LogP contribution < -0.4 is 16.0 Å². The summed E-state index contributed by atoms with van der Waals surface area (Å²) in [6.45, 7) is 8.46. The molecule has 0 saturated carbocycles. The lowest BCUT2D eigenvalue weighted by Gasteiger charge is -2.15. The van der Waals surface area contributed by atoms with Crippen molar-refractivity contribution in [3.63, 3.8) is 0 Å². The highest BCUT2D eigenvalue weighted by Gasteiger charge is 2.17. The molecule has 0 aromatic heterocycles. The topological polar surface area (TPSA) is 70.2 Å². The van der Waals surface area contributed by atoms with Crippen LogP contribution in [-0.4, -0.2) is 24.4 Å². The van der Waals surface area contributed by atoms with Gasteiger partial charge in [0.2, 0.25) is 5.91 Å². The smallest absolute Gasteiger partial charge is 0.251 e. The number of hydrogen-bond donors (Lipinski definition) is 3. The van der Waals surface area contributed by atoms with Gasteiger partial charge in [0.15, 0.2) is 0 Å². The van der Waals surface area contributed by atoms with E-state index < -0.39 is 0 Å². The lowest BCUT2D eigenvalue weighted by Crippen LogP contribution is -2.30. The maximum absolute atomic E-state index is 12.2. The first-order valence-corrected chi connectivity index (χ1v) is 9.12. The number of carbonyl (C=O) groups excluding carboxylic acids is 2. The van der Waals surface area contributed by atoms with Crippen LogP contribution in [0.3, 0.4) is 0 Å². The van der Waals surface area contributed by atoms with Gasteiger partial charge in [-0.2, -0.15) is 0 Å². The Kier molecular flexibility index (Phi) is 6.78. The van der Waals surface area contributed by atoms with Crippen LogP contribution in [0.1, 0.15) is 44.5 Å². The molecule has 1 heterocycles. The zero-order chi connectivity index (χ0) is 19.1. The molecule has 3 N–H and O–H groups in total. The van der Waals surface area contributed by atoms with Crippen LogP contribution in [0.25, 0.3) is 11.1 Å². The molecule has 0 aliphatic carbocycles. The van der Waals surface area contributed by atoms with Crippen LogP contribution in [0, 0.1) is 0 Å². The molecule has 0 fully saturated rings. The fourth-order valence-corrected chi connectivity index (χ4v) is 2.77. The van der Waals surface area contributed by atoms with E-state index in [1.165, 1.54) is 0 Å². The Morgan fingerprint density at radius 2 is 1.85 bits per heavy atom. The van der Waals surface area contributed by atoms with Crippen molar-refractivity contribution < 1.29 is 9.59 Å². The minimum absolute atomic E-state index is 0.00321. The highest BCUT2D eigenvalue weighted by molar-refractivity contribution is 6.01. The van der Waals surface area contributed by atoms with E-state index in [1.54, 1.807) is 6.07 Å². The highest BCUT2D eigenvalue weighted by atomic mass is 16.2. The number of hydrogen-bond acceptors (Lipinski definition) is 3. The quantitative estimate of drug-likeness (QED) is 0.772. The lowest BCUT2D eigenvalue weighted by molar-refractivity contribution is -0.115. The number of nitrogens with one attached hydrogen (secondary N) is 3. The molecule has 0 unspecified atom stereocenters. The van der Waals surface area contributed by atoms with Crippen molar-refractivity contribution in [2.24, 2.45) is 0 Å². The molecule has 2 aromatic carbocycles. The standard InChI is InChI=1S/C19H21N3O2.C2H6/c1-12(2)21-19(24)14-6-3-5-13(11-14)15-7-4-8-16-18(15)20-10-9-17(23)22-16;1-2/h3-8,11-12,20H,9-10H2,1-2H3,(H,21,24)(H,22,23);1-2H3. The van der Waals surface area contributed by atoms with Crippen LogP contribution in [0.2, 0.25) is 0 Å². The molecule has 5 heteroatoms. The third-order valence-corrected chi connectivity index (χ3v) is 3.85. The summed E-state index contributed by atoms with van der Waals surface area (Å²) in [5, 5.41) is 9.14. The number of fused-ring (bicyclic) bond motifs is 1. The second-order valence-electron chi connectivity index (χ2n) is 6.16. The molecule has 3 rings (SSSR count). The average Bonchev–Trinajstić information content (AvgIpc) is 2.83. The second kappa shape index (κ2) is 9.04. The molecule has 0 bridgehead atoms. The SMILES string of the molecule is CC.CC(C)NC(=O)c1cccc(-c2cccc3c2NCCC(=O)N3)c1. The fraction of sp³-hybridized carbons (Fsp3) is 0.333. The third-order valence-electron chi connectivity index (χ3n) is 3.85. The van der Waals surface area contributed by atoms with Gasteiger partial charge >= 0.3 is 0 Å². The molecule has 26 heavy (non-hydrogen) atoms. The van der Waals surface area contributed by atoms with E-state index in [0.717, 1.165) is 22.5 Å². The second-order valence-corrected chi connectivity index (χ2v) is 6.16. The number of carbonyl (C=O) groups is 2. The van der Waals surface area contributed by atoms with Gasteiger partial charge in [-0.15, -0.1) is 0 Å². The highest BCUT2D eigenvalue weighted by Crippen LogP contribution is 2.35. The van der Waals surface area contributed by atoms with Gasteiger partial charge in [-0.25, -0.2) is 0 Å². The van der Waals surface area contributed by atoms with Crippen molar-refractivity contribution >= 4 is 23.2 Å². The summed E-state index contributed by atoms with van der Waals surface area (Å²) >= 11 is 0. The molecule has 2 aromatic rings. The van der Waals surface area contributed by atoms with Crippen molar-refractivity contribution in [3.05, 3.63) is 48.0 Å². The van der Waals surface area contributed by atoms with Gasteiger partial charge in [0.05, 0.1) is 11.4 Å². The van der Waals surface area contributed by atoms with Crippen LogP contribution in [0.4, 0.5) is 11.4 Å². The van der Waals surface area contributed by atoms with Gasteiger partial charge in [0.25, 0.3) is 5.91 Å². The van der Waals surface area contributed by atoms with E-state index in [4.69, 9.17) is 0 Å². The summed E-state index contributed by atoms with van der Waals surface area (Å²) in [6, 6.07) is 13.4. The minimum Gasteiger partial charge on any atom is -0.382 e. The Bertz CT molecular complexity index is 785. The van der Waals surface area contributed by atoms with E-state index in [2.05, 4.69) is 16.0 Å². The summed E-state index contributed by atoms with van der Waals surface area (Å²) in [6.07, 6.45) is 0.435. The van der Waals surface area contributed by atoms with E-state index >= 15 is 0 Å². The first kappa shape index (κ1) is 19.5. The summed E-state index contributed by atoms with van der Waals surface area (Å²) in [7, 11) is 0. The molecule has 5 nitrogen and oxygen atoms in total. The van der Waals surface area contributed by atoms with Crippen LogP contribution in [0.5, 0.6) is 0 Å². The van der Waals surface area contributed by atoms with Gasteiger partial charge in [0.1, 0.15) is 0 Å². The molecule has 0 radical (unpaired) electrons. The number of benzene rings is 2. The fourth-order valence-electron chi connectivity index (χ4n) is 2.77. The predicted octanol–water partition coefficient (Wildman–Crippen LogP) is 4.27. The summed E-state index contributed by atoms with van der Waals surface area (Å²) < 4.78 is 0. The molecular formula is C21H27N3O2. The molecular weight excluding hydrogens is 326 g/mol. The Morgan fingerprint density at radius 1 is 1.12 bits per heavy atom. The van der Waals surface area contributed by atoms with Crippen molar-refractivity contribution in [2.75, 3.05) is 17.2 Å². The lowest BCUT2D eigenvalue weighted by atomic mass is 10.00. The maximum Gasteiger partial charge on any atom is 0.251 e. The Labute approximate surface area is 155 Å². The molecule has 0 spiro atoms. The molecule has 0 saturated heterocycles. The minimum atomic E-state index is -0.0878. The van der Waals surface area contributed by atoms with Crippen molar-refractivity contribution in [3.8, 4) is 11.1 Å². The van der Waals surface area contributed by atoms with Crippen molar-refractivity contribution in [2.45, 2.75) is 40.2 Å².